The van der Waals surface area contributed by atoms with E-state index in [1.165, 1.54) is 0 Å². The first-order valence-corrected chi connectivity index (χ1v) is 8.93. The maximum Gasteiger partial charge on any atom is 0.326 e. The Hall–Kier alpha value is -2.70. The number of fused-ring (bicyclic) bond motifs is 1. The molecule has 7 nitrogen and oxygen atoms in total. The molecule has 1 aromatic rings. The molecule has 26 heavy (non-hydrogen) atoms. The third-order valence-electron chi connectivity index (χ3n) is 4.94. The third kappa shape index (κ3) is 3.47. The Morgan fingerprint density at radius 2 is 1.96 bits per heavy atom. The summed E-state index contributed by atoms with van der Waals surface area (Å²) in [4.78, 5) is 51.3. The van der Waals surface area contributed by atoms with E-state index < -0.39 is 17.7 Å². The van der Waals surface area contributed by atoms with E-state index in [4.69, 9.17) is 4.74 Å². The predicted molar refractivity (Wildman–Crippen MR) is 93.7 cm³/mol. The molecule has 0 radical (unpaired) electrons. The third-order valence-corrected chi connectivity index (χ3v) is 4.94. The van der Waals surface area contributed by atoms with Crippen molar-refractivity contribution < 1.29 is 23.9 Å². The van der Waals surface area contributed by atoms with Crippen molar-refractivity contribution in [3.63, 3.8) is 0 Å². The molecule has 1 saturated heterocycles. The van der Waals surface area contributed by atoms with E-state index in [9.17, 15) is 19.2 Å². The van der Waals surface area contributed by atoms with Crippen LogP contribution in [0.5, 0.6) is 0 Å². The molecule has 2 amide bonds. The van der Waals surface area contributed by atoms with E-state index in [1.807, 2.05) is 6.92 Å². The topological polar surface area (TPSA) is 84.0 Å². The van der Waals surface area contributed by atoms with Crippen LogP contribution in [0.1, 0.15) is 43.0 Å². The summed E-state index contributed by atoms with van der Waals surface area (Å²) in [5.74, 6) is -2.31. The average molecular weight is 358 g/mol. The van der Waals surface area contributed by atoms with Crippen molar-refractivity contribution in [1.82, 2.24) is 4.90 Å². The van der Waals surface area contributed by atoms with Gasteiger partial charge < -0.3 is 9.64 Å². The number of benzene rings is 1. The van der Waals surface area contributed by atoms with Gasteiger partial charge in [0.15, 0.2) is 6.61 Å². The lowest BCUT2D eigenvalue weighted by atomic mass is 10.00. The Bertz CT molecular complexity index is 745. The highest BCUT2D eigenvalue weighted by molar-refractivity contribution is 6.52. The number of para-hydroxylation sites is 1. The van der Waals surface area contributed by atoms with Crippen molar-refractivity contribution in [3.05, 3.63) is 29.8 Å². The Morgan fingerprint density at radius 1 is 1.19 bits per heavy atom. The number of hydrogen-bond donors (Lipinski definition) is 0. The number of amides is 2. The van der Waals surface area contributed by atoms with E-state index in [2.05, 4.69) is 0 Å². The number of anilines is 1. The quantitative estimate of drug-likeness (QED) is 0.589. The van der Waals surface area contributed by atoms with Crippen LogP contribution in [0.15, 0.2) is 24.3 Å². The lowest BCUT2D eigenvalue weighted by Gasteiger charge is -2.35. The number of esters is 1. The van der Waals surface area contributed by atoms with Crippen molar-refractivity contribution in [2.75, 3.05) is 24.6 Å². The molecule has 0 N–H and O–H groups in total. The molecule has 2 aliphatic heterocycles. The van der Waals surface area contributed by atoms with Gasteiger partial charge in [0.2, 0.25) is 0 Å². The number of carbonyl (C=O) groups excluding carboxylic acids is 4. The lowest BCUT2D eigenvalue weighted by Crippen LogP contribution is -2.45. The smallest absolute Gasteiger partial charge is 0.326 e. The lowest BCUT2D eigenvalue weighted by molar-refractivity contribution is -0.152. The van der Waals surface area contributed by atoms with E-state index >= 15 is 0 Å². The van der Waals surface area contributed by atoms with Gasteiger partial charge in [0.1, 0.15) is 6.54 Å². The second-order valence-corrected chi connectivity index (χ2v) is 6.54. The fourth-order valence-corrected chi connectivity index (χ4v) is 3.56. The van der Waals surface area contributed by atoms with Crippen LogP contribution in [0.4, 0.5) is 5.69 Å². The molecule has 2 heterocycles. The zero-order chi connectivity index (χ0) is 18.7. The molecular weight excluding hydrogens is 336 g/mol. The van der Waals surface area contributed by atoms with Crippen LogP contribution in [0.3, 0.4) is 0 Å². The molecule has 7 heteroatoms. The maximum absolute atomic E-state index is 12.3. The Labute approximate surface area is 151 Å². The Kier molecular flexibility index (Phi) is 5.35. The number of ether oxygens (including phenoxy) is 1. The summed E-state index contributed by atoms with van der Waals surface area (Å²) < 4.78 is 5.08. The zero-order valence-corrected chi connectivity index (χ0v) is 14.8. The van der Waals surface area contributed by atoms with Gasteiger partial charge in [-0.2, -0.15) is 0 Å². The Morgan fingerprint density at radius 3 is 2.73 bits per heavy atom. The number of ketones is 1. The molecule has 0 aromatic heterocycles. The van der Waals surface area contributed by atoms with Crippen LogP contribution in [0, 0.1) is 0 Å². The summed E-state index contributed by atoms with van der Waals surface area (Å²) in [5, 5.41) is 0. The molecule has 1 atom stereocenters. The van der Waals surface area contributed by atoms with Crippen molar-refractivity contribution in [1.29, 1.82) is 0 Å². The van der Waals surface area contributed by atoms with Crippen LogP contribution >= 0.6 is 0 Å². The average Bonchev–Trinajstić information content (AvgIpc) is 2.91. The molecule has 0 saturated carbocycles. The predicted octanol–water partition coefficient (Wildman–Crippen LogP) is 1.55. The number of nitrogens with zero attached hydrogens (tertiary/aromatic N) is 2. The van der Waals surface area contributed by atoms with Gasteiger partial charge in [-0.05, 0) is 37.8 Å². The number of piperidine rings is 1. The van der Waals surface area contributed by atoms with Crippen molar-refractivity contribution in [2.45, 2.75) is 38.6 Å². The molecule has 1 fully saturated rings. The number of Topliss-reactive ketones (excluding diaryl/α,β-unsaturated/α-hetero) is 1. The SMILES string of the molecule is CC[C@H]1CCCCN1C(=O)COC(=O)CN1C(=O)C(=O)c2ccccc21. The maximum atomic E-state index is 12.3. The standard InChI is InChI=1S/C19H22N2O5/c1-2-13-7-5-6-10-20(13)16(22)12-26-17(23)11-21-15-9-4-3-8-14(15)18(24)19(21)25/h3-4,8-9,13H,2,5-7,10-12H2,1H3/t13-/m0/s1. The Balaban J connectivity index is 1.57. The first-order chi connectivity index (χ1) is 12.5. The number of carbonyl (C=O) groups is 4. The summed E-state index contributed by atoms with van der Waals surface area (Å²) >= 11 is 0. The van der Waals surface area contributed by atoms with Gasteiger partial charge in [-0.3, -0.25) is 24.1 Å². The van der Waals surface area contributed by atoms with Crippen LogP contribution in [-0.4, -0.2) is 54.2 Å². The molecule has 138 valence electrons. The van der Waals surface area contributed by atoms with Crippen LogP contribution < -0.4 is 4.90 Å². The summed E-state index contributed by atoms with van der Waals surface area (Å²) in [5.41, 5.74) is 0.674. The minimum atomic E-state index is -0.753. The van der Waals surface area contributed by atoms with Crippen molar-refractivity contribution >= 4 is 29.3 Å². The molecule has 1 aromatic carbocycles. The summed E-state index contributed by atoms with van der Waals surface area (Å²) in [6.45, 7) is 2.00. The summed E-state index contributed by atoms with van der Waals surface area (Å²) in [6, 6.07) is 6.70. The second kappa shape index (κ2) is 7.68. The monoisotopic (exact) mass is 358 g/mol. The van der Waals surface area contributed by atoms with E-state index in [0.717, 1.165) is 30.6 Å². The van der Waals surface area contributed by atoms with Gasteiger partial charge in [-0.15, -0.1) is 0 Å². The molecule has 0 aliphatic carbocycles. The highest BCUT2D eigenvalue weighted by atomic mass is 16.5. The van der Waals surface area contributed by atoms with Gasteiger partial charge >= 0.3 is 5.97 Å². The first-order valence-electron chi connectivity index (χ1n) is 8.93. The normalized spacial score (nSPS) is 19.5. The largest absolute Gasteiger partial charge is 0.454 e. The highest BCUT2D eigenvalue weighted by Gasteiger charge is 2.37. The van der Waals surface area contributed by atoms with Crippen molar-refractivity contribution in [2.24, 2.45) is 0 Å². The molecule has 2 aliphatic rings. The summed E-state index contributed by atoms with van der Waals surface area (Å²) in [6.07, 6.45) is 3.90. The van der Waals surface area contributed by atoms with Gasteiger partial charge in [0, 0.05) is 12.6 Å². The van der Waals surface area contributed by atoms with Crippen LogP contribution in [0.25, 0.3) is 0 Å². The molecule has 0 bridgehead atoms. The molecule has 0 unspecified atom stereocenters. The summed E-state index contributed by atoms with van der Waals surface area (Å²) in [7, 11) is 0. The molecular formula is C19H22N2O5. The number of likely N-dealkylation sites (tertiary alicyclic amines) is 1. The van der Waals surface area contributed by atoms with Gasteiger partial charge in [0.05, 0.1) is 11.3 Å². The highest BCUT2D eigenvalue weighted by Crippen LogP contribution is 2.28. The minimum Gasteiger partial charge on any atom is -0.454 e. The number of hydrogen-bond acceptors (Lipinski definition) is 5. The van der Waals surface area contributed by atoms with Crippen LogP contribution in [-0.2, 0) is 19.1 Å². The van der Waals surface area contributed by atoms with E-state index in [1.54, 1.807) is 29.2 Å². The second-order valence-electron chi connectivity index (χ2n) is 6.54. The fraction of sp³-hybridized carbons (Fsp3) is 0.474. The number of rotatable bonds is 5. The molecule has 3 rings (SSSR count). The fourth-order valence-electron chi connectivity index (χ4n) is 3.56. The first kappa shape index (κ1) is 18.1. The van der Waals surface area contributed by atoms with Crippen LogP contribution in [0.2, 0.25) is 0 Å². The van der Waals surface area contributed by atoms with Gasteiger partial charge in [-0.1, -0.05) is 19.1 Å². The van der Waals surface area contributed by atoms with E-state index in [-0.39, 0.29) is 30.7 Å². The van der Waals surface area contributed by atoms with Crippen molar-refractivity contribution in [3.8, 4) is 0 Å². The van der Waals surface area contributed by atoms with Gasteiger partial charge in [-0.25, -0.2) is 0 Å². The minimum absolute atomic E-state index is 0.194. The van der Waals surface area contributed by atoms with E-state index in [0.29, 0.717) is 12.2 Å². The molecule has 0 spiro atoms. The van der Waals surface area contributed by atoms with Gasteiger partial charge in [0.25, 0.3) is 17.6 Å². The zero-order valence-electron chi connectivity index (χ0n) is 14.8.